The molecule has 0 saturated carbocycles. The van der Waals surface area contributed by atoms with Crippen molar-refractivity contribution >= 4 is 13.3 Å². The maximum absolute atomic E-state index is 13.2. The van der Waals surface area contributed by atoms with Gasteiger partial charge < -0.3 is 0 Å². The molecule has 14 heavy (non-hydrogen) atoms. The summed E-state index contributed by atoms with van der Waals surface area (Å²) in [5, 5.41) is 0.167. The lowest BCUT2D eigenvalue weighted by molar-refractivity contribution is 0.513. The fourth-order valence-electron chi connectivity index (χ4n) is 1.15. The summed E-state index contributed by atoms with van der Waals surface area (Å²) in [7, 11) is -2.49. The molecule has 1 aromatic rings. The van der Waals surface area contributed by atoms with Gasteiger partial charge in [-0.25, -0.2) is 4.39 Å². The van der Waals surface area contributed by atoms with Gasteiger partial charge in [0.2, 0.25) is 5.31 Å². The Labute approximate surface area is 83.0 Å². The van der Waals surface area contributed by atoms with Gasteiger partial charge in [0.25, 0.3) is 0 Å². The second kappa shape index (κ2) is 4.99. The Hall–Kier alpha value is -1.05. The molecule has 0 aliphatic rings. The molecule has 1 rings (SSSR count). The predicted octanol–water partition coefficient (Wildman–Crippen LogP) is 3.31. The molecule has 1 N–H and O–H groups in total. The van der Waals surface area contributed by atoms with Gasteiger partial charge in [-0.1, -0.05) is 19.1 Å². The van der Waals surface area contributed by atoms with E-state index in [0.29, 0.717) is 6.42 Å². The Bertz CT molecular complexity index is 374. The summed E-state index contributed by atoms with van der Waals surface area (Å²) in [6.07, 6.45) is 2.17. The van der Waals surface area contributed by atoms with Crippen molar-refractivity contribution in [2.45, 2.75) is 13.3 Å². The second-order valence-electron chi connectivity index (χ2n) is 2.75. The zero-order valence-electron chi connectivity index (χ0n) is 7.77. The fraction of sp³-hybridized carbons (Fsp3) is 0.200. The van der Waals surface area contributed by atoms with E-state index in [1.807, 2.05) is 6.92 Å². The minimum atomic E-state index is -2.49. The van der Waals surface area contributed by atoms with Crippen LogP contribution in [0, 0.1) is 5.82 Å². The molecule has 2 nitrogen and oxygen atoms in total. The molecule has 0 radical (unpaired) electrons. The van der Waals surface area contributed by atoms with E-state index in [-0.39, 0.29) is 10.9 Å². The van der Waals surface area contributed by atoms with Gasteiger partial charge in [0.1, 0.15) is 5.82 Å². The molecule has 0 saturated heterocycles. The van der Waals surface area contributed by atoms with Gasteiger partial charge in [-0.05, 0) is 29.2 Å². The van der Waals surface area contributed by atoms with Crippen molar-refractivity contribution in [2.24, 2.45) is 0 Å². The molecular formula is C10H11FO2P+. The number of hydrogen-bond acceptors (Lipinski definition) is 1. The topological polar surface area (TPSA) is 37.3 Å². The molecule has 0 aromatic heterocycles. The van der Waals surface area contributed by atoms with Gasteiger partial charge >= 0.3 is 8.03 Å². The Morgan fingerprint density at radius 3 is 2.71 bits per heavy atom. The smallest absolute Gasteiger partial charge is 0.206 e. The molecule has 74 valence electrons. The molecule has 1 aromatic carbocycles. The number of hydrogen-bond donors (Lipinski definition) is 1. The molecule has 0 fully saturated rings. The summed E-state index contributed by atoms with van der Waals surface area (Å²) in [6.45, 7) is 1.83. The van der Waals surface area contributed by atoms with E-state index in [9.17, 15) is 8.96 Å². The van der Waals surface area contributed by atoms with Gasteiger partial charge in [0.05, 0.1) is 5.56 Å². The molecule has 0 aliphatic carbocycles. The first-order valence-corrected chi connectivity index (χ1v) is 5.49. The zero-order chi connectivity index (χ0) is 10.6. The van der Waals surface area contributed by atoms with E-state index in [2.05, 4.69) is 0 Å². The first-order valence-electron chi connectivity index (χ1n) is 4.28. The number of halogens is 1. The van der Waals surface area contributed by atoms with Gasteiger partial charge in [-0.15, -0.1) is 0 Å². The van der Waals surface area contributed by atoms with Crippen molar-refractivity contribution < 1.29 is 13.8 Å². The molecule has 0 spiro atoms. The molecular weight excluding hydrogens is 202 g/mol. The quantitative estimate of drug-likeness (QED) is 0.782. The molecule has 0 heterocycles. The maximum atomic E-state index is 13.2. The van der Waals surface area contributed by atoms with Crippen molar-refractivity contribution in [2.75, 3.05) is 0 Å². The third-order valence-corrected chi connectivity index (χ3v) is 2.59. The second-order valence-corrected chi connectivity index (χ2v) is 3.78. The number of benzene rings is 1. The molecule has 0 amide bonds. The number of allylic oxidation sites excluding steroid dienone is 1. The van der Waals surface area contributed by atoms with Crippen LogP contribution in [0.2, 0.25) is 0 Å². The zero-order valence-corrected chi connectivity index (χ0v) is 8.67. The summed E-state index contributed by atoms with van der Waals surface area (Å²) in [4.78, 5) is 9.00. The van der Waals surface area contributed by atoms with Crippen LogP contribution < -0.4 is 0 Å². The summed E-state index contributed by atoms with van der Waals surface area (Å²) in [6, 6.07) is 5.96. The standard InChI is InChI=1S/C10H10FO2P/c1-2-5-10(14(12)13)8-6-3-4-7-9(8)11/h3-7H,2H2,1H3/p+1. The lowest BCUT2D eigenvalue weighted by Crippen LogP contribution is -1.85. The minimum absolute atomic E-state index is 0.167. The van der Waals surface area contributed by atoms with E-state index in [0.717, 1.165) is 0 Å². The van der Waals surface area contributed by atoms with E-state index >= 15 is 0 Å². The lowest BCUT2D eigenvalue weighted by Gasteiger charge is -1.95. The first kappa shape index (κ1) is 11.0. The van der Waals surface area contributed by atoms with Gasteiger partial charge in [-0.3, -0.25) is 0 Å². The van der Waals surface area contributed by atoms with Crippen molar-refractivity contribution in [3.8, 4) is 0 Å². The van der Waals surface area contributed by atoms with Crippen LogP contribution in [0.3, 0.4) is 0 Å². The average molecular weight is 213 g/mol. The SMILES string of the molecule is CCC=C(c1ccccc1F)[P+](=O)O. The minimum Gasteiger partial charge on any atom is -0.206 e. The third-order valence-electron chi connectivity index (χ3n) is 1.75. The largest absolute Gasteiger partial charge is 0.546 e. The average Bonchev–Trinajstić information content (AvgIpc) is 2.15. The van der Waals surface area contributed by atoms with Crippen LogP contribution in [0.1, 0.15) is 18.9 Å². The molecule has 0 bridgehead atoms. The van der Waals surface area contributed by atoms with Crippen LogP contribution in [0.15, 0.2) is 30.3 Å². The first-order chi connectivity index (χ1) is 6.66. The van der Waals surface area contributed by atoms with Crippen molar-refractivity contribution in [1.29, 1.82) is 0 Å². The van der Waals surface area contributed by atoms with Crippen LogP contribution in [-0.2, 0) is 4.57 Å². The molecule has 1 atom stereocenters. The predicted molar refractivity (Wildman–Crippen MR) is 54.5 cm³/mol. The van der Waals surface area contributed by atoms with Crippen LogP contribution in [-0.4, -0.2) is 4.89 Å². The third kappa shape index (κ3) is 2.47. The van der Waals surface area contributed by atoms with Crippen LogP contribution >= 0.6 is 8.03 Å². The highest BCUT2D eigenvalue weighted by molar-refractivity contribution is 7.50. The van der Waals surface area contributed by atoms with Gasteiger partial charge in [-0.2, -0.15) is 4.89 Å². The molecule has 1 unspecified atom stereocenters. The Balaban J connectivity index is 3.19. The normalized spacial score (nSPS) is 12.8. The van der Waals surface area contributed by atoms with Crippen molar-refractivity contribution in [1.82, 2.24) is 0 Å². The summed E-state index contributed by atoms with van der Waals surface area (Å²) in [5.74, 6) is -0.468. The van der Waals surface area contributed by atoms with E-state index in [1.165, 1.54) is 12.1 Å². The number of rotatable bonds is 3. The van der Waals surface area contributed by atoms with Crippen LogP contribution in [0.5, 0.6) is 0 Å². The van der Waals surface area contributed by atoms with Gasteiger partial charge in [0.15, 0.2) is 0 Å². The highest BCUT2D eigenvalue weighted by Gasteiger charge is 2.24. The monoisotopic (exact) mass is 213 g/mol. The van der Waals surface area contributed by atoms with E-state index in [4.69, 9.17) is 4.89 Å². The molecule has 0 aliphatic heterocycles. The highest BCUT2D eigenvalue weighted by atomic mass is 31.1. The Kier molecular flexibility index (Phi) is 3.93. The summed E-state index contributed by atoms with van der Waals surface area (Å²) in [5.41, 5.74) is 0.206. The fourth-order valence-corrected chi connectivity index (χ4v) is 1.88. The Morgan fingerprint density at radius 1 is 1.57 bits per heavy atom. The van der Waals surface area contributed by atoms with Gasteiger partial charge in [0, 0.05) is 0 Å². The van der Waals surface area contributed by atoms with Crippen LogP contribution in [0.25, 0.3) is 5.31 Å². The Morgan fingerprint density at radius 2 is 2.21 bits per heavy atom. The summed E-state index contributed by atoms with van der Waals surface area (Å²) < 4.78 is 24.2. The van der Waals surface area contributed by atoms with E-state index in [1.54, 1.807) is 18.2 Å². The van der Waals surface area contributed by atoms with Crippen molar-refractivity contribution in [3.63, 3.8) is 0 Å². The highest BCUT2D eigenvalue weighted by Crippen LogP contribution is 2.37. The maximum Gasteiger partial charge on any atom is 0.546 e. The van der Waals surface area contributed by atoms with Crippen LogP contribution in [0.4, 0.5) is 4.39 Å². The molecule has 4 heteroatoms. The van der Waals surface area contributed by atoms with Crippen molar-refractivity contribution in [3.05, 3.63) is 41.7 Å². The summed E-state index contributed by atoms with van der Waals surface area (Å²) >= 11 is 0. The van der Waals surface area contributed by atoms with E-state index < -0.39 is 13.8 Å². The lowest BCUT2D eigenvalue weighted by atomic mass is 10.2.